The minimum atomic E-state index is -1.54. The third-order valence-electron chi connectivity index (χ3n) is 6.54. The van der Waals surface area contributed by atoms with Crippen LogP contribution in [0.1, 0.15) is 27.8 Å². The molecule has 0 atom stereocenters. The van der Waals surface area contributed by atoms with Gasteiger partial charge in [0.2, 0.25) is 0 Å². The maximum Gasteiger partial charge on any atom is 0.488 e. The van der Waals surface area contributed by atoms with Gasteiger partial charge < -0.3 is 10.0 Å². The Bertz CT molecular complexity index is 1360. The number of nitriles is 1. The lowest BCUT2D eigenvalue weighted by Crippen LogP contribution is -2.33. The fraction of sp³-hybridized carbons (Fsp3) is 0.0385. The Morgan fingerprint density at radius 1 is 0.633 bits per heavy atom. The van der Waals surface area contributed by atoms with Gasteiger partial charge in [0.05, 0.1) is 17.0 Å². The summed E-state index contributed by atoms with van der Waals surface area (Å²) in [6.07, 6.45) is 0. The smallest absolute Gasteiger partial charge is 0.423 e. The van der Waals surface area contributed by atoms with E-state index < -0.39 is 12.5 Å². The summed E-state index contributed by atoms with van der Waals surface area (Å²) in [5.41, 5.74) is 9.38. The van der Waals surface area contributed by atoms with Gasteiger partial charge in [-0.05, 0) is 62.1 Å². The lowest BCUT2D eigenvalue weighted by atomic mass is 9.68. The highest BCUT2D eigenvalue weighted by Crippen LogP contribution is 2.62. The zero-order chi connectivity index (χ0) is 20.5. The molecule has 0 unspecified atom stereocenters. The summed E-state index contributed by atoms with van der Waals surface area (Å²) in [4.78, 5) is 0. The second-order valence-electron chi connectivity index (χ2n) is 7.89. The minimum absolute atomic E-state index is 0.461. The van der Waals surface area contributed by atoms with Crippen molar-refractivity contribution < 1.29 is 10.0 Å². The van der Waals surface area contributed by atoms with Crippen LogP contribution in [0.5, 0.6) is 0 Å². The molecule has 0 aliphatic heterocycles. The first-order valence-electron chi connectivity index (χ1n) is 9.91. The number of rotatable bonds is 1. The molecule has 0 bridgehead atoms. The van der Waals surface area contributed by atoms with E-state index in [0.717, 1.165) is 33.4 Å². The fourth-order valence-electron chi connectivity index (χ4n) is 5.39. The normalized spacial score (nSPS) is 13.9. The lowest BCUT2D eigenvalue weighted by Gasteiger charge is -2.30. The number of nitrogens with zero attached hydrogens (tertiary/aromatic N) is 1. The molecule has 0 fully saturated rings. The highest BCUT2D eigenvalue weighted by Gasteiger charge is 2.51. The topological polar surface area (TPSA) is 64.2 Å². The molecule has 30 heavy (non-hydrogen) atoms. The van der Waals surface area contributed by atoms with E-state index >= 15 is 0 Å². The first kappa shape index (κ1) is 17.2. The van der Waals surface area contributed by atoms with E-state index in [-0.39, 0.29) is 0 Å². The van der Waals surface area contributed by atoms with E-state index in [1.807, 2.05) is 54.6 Å². The summed E-state index contributed by atoms with van der Waals surface area (Å²) in [7, 11) is -1.54. The molecule has 0 saturated carbocycles. The van der Waals surface area contributed by atoms with Crippen LogP contribution >= 0.6 is 0 Å². The van der Waals surface area contributed by atoms with Gasteiger partial charge >= 0.3 is 7.12 Å². The molecule has 4 heteroatoms. The predicted octanol–water partition coefficient (Wildman–Crippen LogP) is 3.58. The second kappa shape index (κ2) is 5.93. The molecule has 0 aromatic heterocycles. The molecule has 0 saturated heterocycles. The van der Waals surface area contributed by atoms with Crippen LogP contribution in [0.25, 0.3) is 22.3 Å². The summed E-state index contributed by atoms with van der Waals surface area (Å²) in [6.45, 7) is 0. The van der Waals surface area contributed by atoms with E-state index in [9.17, 15) is 15.3 Å². The molecule has 2 N–H and O–H groups in total. The Balaban J connectivity index is 1.84. The molecule has 2 aliphatic carbocycles. The Kier molecular flexibility index (Phi) is 3.41. The average molecular weight is 385 g/mol. The molecule has 3 nitrogen and oxygen atoms in total. The van der Waals surface area contributed by atoms with Gasteiger partial charge in [0.25, 0.3) is 0 Å². The molecule has 1 spiro atoms. The van der Waals surface area contributed by atoms with Gasteiger partial charge in [-0.2, -0.15) is 5.26 Å². The third kappa shape index (κ3) is 1.96. The summed E-state index contributed by atoms with van der Waals surface area (Å²) >= 11 is 0. The minimum Gasteiger partial charge on any atom is -0.423 e. The van der Waals surface area contributed by atoms with Gasteiger partial charge in [0, 0.05) is 0 Å². The molecule has 4 aromatic rings. The fourth-order valence-corrected chi connectivity index (χ4v) is 5.39. The molecular weight excluding hydrogens is 369 g/mol. The molecule has 0 amide bonds. The Labute approximate surface area is 174 Å². The molecule has 140 valence electrons. The molecule has 2 aliphatic rings. The average Bonchev–Trinajstić information content (AvgIpc) is 3.25. The van der Waals surface area contributed by atoms with E-state index in [1.54, 1.807) is 6.07 Å². The van der Waals surface area contributed by atoms with Crippen LogP contribution < -0.4 is 5.46 Å². The zero-order valence-electron chi connectivity index (χ0n) is 16.0. The monoisotopic (exact) mass is 385 g/mol. The van der Waals surface area contributed by atoms with Crippen molar-refractivity contribution in [2.24, 2.45) is 0 Å². The van der Waals surface area contributed by atoms with Gasteiger partial charge in [-0.15, -0.1) is 0 Å². The molecular formula is C26H16BNO2. The van der Waals surface area contributed by atoms with Crippen LogP contribution in [0.15, 0.2) is 84.9 Å². The number of hydrogen-bond acceptors (Lipinski definition) is 3. The highest BCUT2D eigenvalue weighted by atomic mass is 16.4. The van der Waals surface area contributed by atoms with Gasteiger partial charge in [-0.1, -0.05) is 72.8 Å². The van der Waals surface area contributed by atoms with Crippen molar-refractivity contribution in [1.82, 2.24) is 0 Å². The van der Waals surface area contributed by atoms with E-state index in [0.29, 0.717) is 11.0 Å². The lowest BCUT2D eigenvalue weighted by molar-refractivity contribution is 0.425. The summed E-state index contributed by atoms with van der Waals surface area (Å²) in [5.74, 6) is 0. The summed E-state index contributed by atoms with van der Waals surface area (Å²) in [5, 5.41) is 29.4. The van der Waals surface area contributed by atoms with Crippen molar-refractivity contribution in [1.29, 1.82) is 5.26 Å². The summed E-state index contributed by atoms with van der Waals surface area (Å²) < 4.78 is 0. The Hall–Kier alpha value is -3.65. The van der Waals surface area contributed by atoms with Crippen molar-refractivity contribution in [3.63, 3.8) is 0 Å². The van der Waals surface area contributed by atoms with Crippen LogP contribution in [0.2, 0.25) is 0 Å². The number of fused-ring (bicyclic) bond motifs is 10. The second-order valence-corrected chi connectivity index (χ2v) is 7.89. The maximum absolute atomic E-state index is 9.89. The first-order valence-corrected chi connectivity index (χ1v) is 9.91. The largest absolute Gasteiger partial charge is 0.488 e. The van der Waals surface area contributed by atoms with Crippen LogP contribution in [-0.2, 0) is 5.41 Å². The quantitative estimate of drug-likeness (QED) is 0.426. The molecule has 0 heterocycles. The van der Waals surface area contributed by atoms with E-state index in [4.69, 9.17) is 0 Å². The van der Waals surface area contributed by atoms with Crippen molar-refractivity contribution in [3.8, 4) is 28.3 Å². The van der Waals surface area contributed by atoms with Gasteiger partial charge in [-0.25, -0.2) is 0 Å². The zero-order valence-corrected chi connectivity index (χ0v) is 16.0. The SMILES string of the molecule is N#Cc1ccc2c(c1)C1(c3ccccc3-c3ccccc31)c1cc(B(O)O)ccc1-2. The van der Waals surface area contributed by atoms with Gasteiger partial charge in [0.15, 0.2) is 0 Å². The first-order chi connectivity index (χ1) is 14.7. The Morgan fingerprint density at radius 2 is 1.17 bits per heavy atom. The van der Waals surface area contributed by atoms with E-state index in [1.165, 1.54) is 11.1 Å². The number of hydrogen-bond donors (Lipinski definition) is 2. The molecule has 0 radical (unpaired) electrons. The van der Waals surface area contributed by atoms with Crippen LogP contribution in [-0.4, -0.2) is 17.2 Å². The standard InChI is InChI=1S/C26H16BNO2/c28-15-16-9-11-20-21-12-10-17(27(29)30)14-25(21)26(24(20)13-16)22-7-3-1-5-18(22)19-6-2-4-8-23(19)26/h1-14,29-30H. The van der Waals surface area contributed by atoms with Crippen molar-refractivity contribution in [2.45, 2.75) is 5.41 Å². The van der Waals surface area contributed by atoms with Crippen molar-refractivity contribution in [3.05, 3.63) is 113 Å². The highest BCUT2D eigenvalue weighted by molar-refractivity contribution is 6.58. The maximum atomic E-state index is 9.89. The van der Waals surface area contributed by atoms with Gasteiger partial charge in [0.1, 0.15) is 0 Å². The van der Waals surface area contributed by atoms with Crippen LogP contribution in [0.3, 0.4) is 0 Å². The summed E-state index contributed by atoms with van der Waals surface area (Å²) in [6, 6.07) is 30.5. The predicted molar refractivity (Wildman–Crippen MR) is 117 cm³/mol. The van der Waals surface area contributed by atoms with Crippen LogP contribution in [0, 0.1) is 11.3 Å². The van der Waals surface area contributed by atoms with Crippen molar-refractivity contribution in [2.75, 3.05) is 0 Å². The third-order valence-corrected chi connectivity index (χ3v) is 6.54. The van der Waals surface area contributed by atoms with Crippen LogP contribution in [0.4, 0.5) is 0 Å². The van der Waals surface area contributed by atoms with E-state index in [2.05, 4.69) is 30.3 Å². The molecule has 4 aromatic carbocycles. The molecule has 6 rings (SSSR count). The number of benzene rings is 4. The van der Waals surface area contributed by atoms with Gasteiger partial charge in [-0.3, -0.25) is 0 Å². The van der Waals surface area contributed by atoms with Crippen molar-refractivity contribution >= 4 is 12.6 Å². The Morgan fingerprint density at radius 3 is 1.77 bits per heavy atom.